The average Bonchev–Trinajstić information content (AvgIpc) is 3.40. The largest absolute Gasteiger partial charge is 0.442 e. The first-order valence-corrected chi connectivity index (χ1v) is 9.01. The van der Waals surface area contributed by atoms with E-state index < -0.39 is 18.0 Å². The van der Waals surface area contributed by atoms with Crippen molar-refractivity contribution in [1.29, 1.82) is 0 Å². The Morgan fingerprint density at radius 1 is 1.43 bits per heavy atom. The number of carbonyl (C=O) groups excluding carboxylic acids is 2. The quantitative estimate of drug-likeness (QED) is 0.777. The third kappa shape index (κ3) is 3.59. The first-order chi connectivity index (χ1) is 13.5. The summed E-state index contributed by atoms with van der Waals surface area (Å²) >= 11 is 0. The molecule has 11 heteroatoms. The number of H-pyrrole nitrogens is 1. The van der Waals surface area contributed by atoms with E-state index >= 15 is 0 Å². The molecule has 28 heavy (non-hydrogen) atoms. The topological polar surface area (TPSA) is 116 Å². The minimum absolute atomic E-state index is 0.0981. The van der Waals surface area contributed by atoms with Gasteiger partial charge in [-0.15, -0.1) is 10.2 Å². The lowest BCUT2D eigenvalue weighted by atomic mass is 10.1. The van der Waals surface area contributed by atoms with Crippen molar-refractivity contribution in [2.45, 2.75) is 25.4 Å². The van der Waals surface area contributed by atoms with Crippen LogP contribution < -0.4 is 15.1 Å². The molecule has 2 N–H and O–H groups in total. The number of nitrogens with zero attached hydrogens (tertiary/aromatic N) is 5. The molecule has 2 atom stereocenters. The van der Waals surface area contributed by atoms with Crippen LogP contribution in [0.2, 0.25) is 0 Å². The summed E-state index contributed by atoms with van der Waals surface area (Å²) in [5.41, 5.74) is 0.891. The Kier molecular flexibility index (Phi) is 4.80. The molecular formula is C17H20FN7O3. The maximum absolute atomic E-state index is 14.8. The number of benzene rings is 1. The van der Waals surface area contributed by atoms with Crippen LogP contribution in [0.4, 0.5) is 20.6 Å². The zero-order valence-electron chi connectivity index (χ0n) is 15.3. The first kappa shape index (κ1) is 18.1. The molecule has 2 aliphatic rings. The Labute approximate surface area is 160 Å². The van der Waals surface area contributed by atoms with E-state index in [1.165, 1.54) is 17.9 Å². The normalized spacial score (nSPS) is 21.9. The van der Waals surface area contributed by atoms with Crippen molar-refractivity contribution in [2.24, 2.45) is 0 Å². The van der Waals surface area contributed by atoms with Gasteiger partial charge in [-0.1, -0.05) is 5.21 Å². The number of hydrogen-bond donors (Lipinski definition) is 2. The minimum atomic E-state index is -0.555. The highest BCUT2D eigenvalue weighted by atomic mass is 19.1. The predicted molar refractivity (Wildman–Crippen MR) is 96.4 cm³/mol. The van der Waals surface area contributed by atoms with Crippen molar-refractivity contribution in [3.05, 3.63) is 29.8 Å². The maximum Gasteiger partial charge on any atom is 0.414 e. The number of carbonyl (C=O) groups is 2. The van der Waals surface area contributed by atoms with Crippen molar-refractivity contribution in [3.63, 3.8) is 0 Å². The predicted octanol–water partition coefficient (Wildman–Crippen LogP) is 0.794. The Bertz CT molecular complexity index is 876. The van der Waals surface area contributed by atoms with E-state index in [0.29, 0.717) is 30.3 Å². The lowest BCUT2D eigenvalue weighted by Gasteiger charge is -2.21. The Hall–Kier alpha value is -3.24. The Balaban J connectivity index is 1.43. The molecule has 0 unspecified atom stereocenters. The highest BCUT2D eigenvalue weighted by molar-refractivity contribution is 5.90. The molecule has 2 aromatic rings. The molecule has 0 spiro atoms. The van der Waals surface area contributed by atoms with Gasteiger partial charge in [0.25, 0.3) is 0 Å². The standard InChI is InChI=1S/C17H20FN7O3/c1-10(26)19-7-13-9-25(17(27)28-13)12-2-3-15(14(18)6-12)24-5-4-11(8-24)16-20-22-23-21-16/h2-3,6,11,13H,4-5,7-9H2,1H3,(H,19,26)(H,20,21,22,23)/t11-,13-/m0/s1. The molecule has 0 bridgehead atoms. The van der Waals surface area contributed by atoms with E-state index in [1.807, 2.05) is 4.90 Å². The highest BCUT2D eigenvalue weighted by Crippen LogP contribution is 2.33. The SMILES string of the molecule is CC(=O)NC[C@H]1CN(c2ccc(N3CC[C@H](c4nn[nH]n4)C3)c(F)c2)C(=O)O1. The number of anilines is 2. The van der Waals surface area contributed by atoms with Gasteiger partial charge in [0.2, 0.25) is 5.91 Å². The van der Waals surface area contributed by atoms with E-state index in [1.54, 1.807) is 12.1 Å². The maximum atomic E-state index is 14.8. The number of tetrazole rings is 1. The molecule has 2 fully saturated rings. The summed E-state index contributed by atoms with van der Waals surface area (Å²) in [6, 6.07) is 4.69. The van der Waals surface area contributed by atoms with Crippen LogP contribution in [-0.4, -0.2) is 64.9 Å². The van der Waals surface area contributed by atoms with Crippen LogP contribution in [0.15, 0.2) is 18.2 Å². The van der Waals surface area contributed by atoms with Crippen LogP contribution in [0.3, 0.4) is 0 Å². The summed E-state index contributed by atoms with van der Waals surface area (Å²) in [7, 11) is 0. The van der Waals surface area contributed by atoms with Gasteiger partial charge in [-0.05, 0) is 24.6 Å². The van der Waals surface area contributed by atoms with Crippen molar-refractivity contribution in [1.82, 2.24) is 25.9 Å². The average molecular weight is 389 g/mol. The molecule has 2 saturated heterocycles. The van der Waals surface area contributed by atoms with Crippen molar-refractivity contribution in [2.75, 3.05) is 36.0 Å². The number of rotatable bonds is 5. The Morgan fingerprint density at radius 3 is 3.00 bits per heavy atom. The lowest BCUT2D eigenvalue weighted by molar-refractivity contribution is -0.119. The van der Waals surface area contributed by atoms with Gasteiger partial charge in [-0.3, -0.25) is 9.69 Å². The van der Waals surface area contributed by atoms with Crippen LogP contribution in [-0.2, 0) is 9.53 Å². The van der Waals surface area contributed by atoms with Gasteiger partial charge in [0, 0.05) is 25.9 Å². The number of cyclic esters (lactones) is 1. The van der Waals surface area contributed by atoms with Crippen LogP contribution in [0, 0.1) is 5.82 Å². The van der Waals surface area contributed by atoms with E-state index in [0.717, 1.165) is 6.42 Å². The second kappa shape index (κ2) is 7.41. The van der Waals surface area contributed by atoms with Gasteiger partial charge in [0.1, 0.15) is 11.9 Å². The molecule has 2 amide bonds. The summed E-state index contributed by atoms with van der Waals surface area (Å²) in [5.74, 6) is 0.115. The first-order valence-electron chi connectivity index (χ1n) is 9.01. The number of halogens is 1. The number of hydrogen-bond acceptors (Lipinski definition) is 7. The van der Waals surface area contributed by atoms with E-state index in [4.69, 9.17) is 4.74 Å². The van der Waals surface area contributed by atoms with Gasteiger partial charge in [-0.2, -0.15) is 5.21 Å². The van der Waals surface area contributed by atoms with Gasteiger partial charge in [0.15, 0.2) is 5.82 Å². The summed E-state index contributed by atoms with van der Waals surface area (Å²) in [5, 5.41) is 16.6. The smallest absolute Gasteiger partial charge is 0.414 e. The lowest BCUT2D eigenvalue weighted by Crippen LogP contribution is -2.33. The monoisotopic (exact) mass is 389 g/mol. The molecule has 0 aliphatic carbocycles. The second-order valence-corrected chi connectivity index (χ2v) is 6.89. The number of nitrogens with one attached hydrogen (secondary N) is 2. The van der Waals surface area contributed by atoms with E-state index in [9.17, 15) is 14.0 Å². The molecule has 0 radical (unpaired) electrons. The van der Waals surface area contributed by atoms with Gasteiger partial charge in [0.05, 0.1) is 24.5 Å². The summed E-state index contributed by atoms with van der Waals surface area (Å²) in [6.07, 6.45) is -0.210. The fourth-order valence-corrected chi connectivity index (χ4v) is 3.55. The zero-order valence-corrected chi connectivity index (χ0v) is 15.3. The third-order valence-electron chi connectivity index (χ3n) is 4.95. The van der Waals surface area contributed by atoms with E-state index in [-0.39, 0.29) is 24.9 Å². The van der Waals surface area contributed by atoms with Crippen LogP contribution >= 0.6 is 0 Å². The second-order valence-electron chi connectivity index (χ2n) is 6.89. The van der Waals surface area contributed by atoms with Crippen molar-refractivity contribution < 1.29 is 18.7 Å². The van der Waals surface area contributed by atoms with E-state index in [2.05, 4.69) is 25.9 Å². The molecule has 3 heterocycles. The van der Waals surface area contributed by atoms with Gasteiger partial charge >= 0.3 is 6.09 Å². The number of amides is 2. The summed E-state index contributed by atoms with van der Waals surface area (Å²) in [4.78, 5) is 26.4. The molecule has 0 saturated carbocycles. The minimum Gasteiger partial charge on any atom is -0.442 e. The number of aromatic amines is 1. The van der Waals surface area contributed by atoms with Crippen LogP contribution in [0.25, 0.3) is 0 Å². The highest BCUT2D eigenvalue weighted by Gasteiger charge is 2.33. The van der Waals surface area contributed by atoms with Crippen LogP contribution in [0.1, 0.15) is 25.1 Å². The summed E-state index contributed by atoms with van der Waals surface area (Å²) < 4.78 is 20.0. The number of ether oxygens (including phenoxy) is 1. The van der Waals surface area contributed by atoms with Crippen molar-refractivity contribution in [3.8, 4) is 0 Å². The third-order valence-corrected chi connectivity index (χ3v) is 4.95. The number of aromatic nitrogens is 4. The zero-order chi connectivity index (χ0) is 19.7. The molecule has 1 aromatic carbocycles. The van der Waals surface area contributed by atoms with Gasteiger partial charge in [-0.25, -0.2) is 9.18 Å². The molecule has 2 aliphatic heterocycles. The molecule has 1 aromatic heterocycles. The Morgan fingerprint density at radius 2 is 2.29 bits per heavy atom. The molecule has 4 rings (SSSR count). The van der Waals surface area contributed by atoms with Crippen LogP contribution in [0.5, 0.6) is 0 Å². The fraction of sp³-hybridized carbons (Fsp3) is 0.471. The van der Waals surface area contributed by atoms with Crippen molar-refractivity contribution >= 4 is 23.4 Å². The molecule has 148 valence electrons. The fourth-order valence-electron chi connectivity index (χ4n) is 3.55. The summed E-state index contributed by atoms with van der Waals surface area (Å²) in [6.45, 7) is 3.15. The van der Waals surface area contributed by atoms with Gasteiger partial charge < -0.3 is 15.0 Å². The molecule has 10 nitrogen and oxygen atoms in total. The molecular weight excluding hydrogens is 369 g/mol.